The molecule has 0 aliphatic rings. The lowest BCUT2D eigenvalue weighted by atomic mass is 10.1. The van der Waals surface area contributed by atoms with E-state index >= 15 is 0 Å². The Balaban J connectivity index is 1.59. The zero-order valence-corrected chi connectivity index (χ0v) is 16.3. The number of ketones is 1. The van der Waals surface area contributed by atoms with E-state index < -0.39 is 24.5 Å². The number of hydrogen-bond acceptors (Lipinski definition) is 6. The number of nitrogens with one attached hydrogen (secondary N) is 2. The minimum Gasteiger partial charge on any atom is -0.456 e. The number of esters is 1. The molecule has 0 radical (unpaired) electrons. The smallest absolute Gasteiger partial charge is 0.321 e. The number of imide groups is 1. The van der Waals surface area contributed by atoms with Gasteiger partial charge in [0.15, 0.2) is 12.4 Å². The second-order valence-electron chi connectivity index (χ2n) is 6.08. The standard InChI is InChI=1S/C20H22N2O5S/c1-14-4-6-15(7-5-14)17(23)8-9-19(25)27-13-18(24)22-20(26)21-11-10-16-3-2-12-28-16/h2-7,12H,8-11,13H2,1H3,(H2,21,22,24,26). The van der Waals surface area contributed by atoms with Gasteiger partial charge in [0.05, 0.1) is 6.42 Å². The first-order valence-electron chi connectivity index (χ1n) is 8.79. The lowest BCUT2D eigenvalue weighted by Crippen LogP contribution is -2.42. The monoisotopic (exact) mass is 402 g/mol. The normalized spacial score (nSPS) is 10.2. The molecule has 0 saturated carbocycles. The first-order valence-corrected chi connectivity index (χ1v) is 9.67. The number of benzene rings is 1. The van der Waals surface area contributed by atoms with E-state index in [2.05, 4.69) is 10.6 Å². The zero-order chi connectivity index (χ0) is 20.4. The van der Waals surface area contributed by atoms with Crippen molar-refractivity contribution in [3.05, 3.63) is 57.8 Å². The van der Waals surface area contributed by atoms with Crippen molar-refractivity contribution in [2.75, 3.05) is 13.2 Å². The van der Waals surface area contributed by atoms with Gasteiger partial charge in [-0.1, -0.05) is 35.9 Å². The van der Waals surface area contributed by atoms with Crippen molar-refractivity contribution >= 4 is 35.0 Å². The molecule has 0 aliphatic carbocycles. The van der Waals surface area contributed by atoms with Crippen LogP contribution in [0.1, 0.15) is 33.6 Å². The summed E-state index contributed by atoms with van der Waals surface area (Å²) in [5.74, 6) is -1.58. The Morgan fingerprint density at radius 2 is 1.79 bits per heavy atom. The minimum absolute atomic E-state index is 0.00722. The molecular weight excluding hydrogens is 380 g/mol. The average Bonchev–Trinajstić information content (AvgIpc) is 3.18. The Morgan fingerprint density at radius 1 is 1.04 bits per heavy atom. The van der Waals surface area contributed by atoms with Gasteiger partial charge in [-0.05, 0) is 24.8 Å². The maximum Gasteiger partial charge on any atom is 0.321 e. The molecule has 8 heteroatoms. The van der Waals surface area contributed by atoms with Crippen LogP contribution in [0.3, 0.4) is 0 Å². The Morgan fingerprint density at radius 3 is 2.46 bits per heavy atom. The first-order chi connectivity index (χ1) is 13.4. The lowest BCUT2D eigenvalue weighted by Gasteiger charge is -2.07. The molecule has 148 valence electrons. The molecule has 1 heterocycles. The van der Waals surface area contributed by atoms with Crippen LogP contribution in [0.4, 0.5) is 4.79 Å². The average molecular weight is 402 g/mol. The number of ether oxygens (including phenoxy) is 1. The Bertz CT molecular complexity index is 816. The Labute approximate surface area is 167 Å². The quantitative estimate of drug-likeness (QED) is 0.496. The number of aryl methyl sites for hydroxylation is 1. The maximum absolute atomic E-state index is 12.0. The van der Waals surface area contributed by atoms with Gasteiger partial charge in [-0.2, -0.15) is 0 Å². The third-order valence-corrected chi connectivity index (χ3v) is 4.72. The number of urea groups is 1. The van der Waals surface area contributed by atoms with Crippen molar-refractivity contribution in [3.63, 3.8) is 0 Å². The van der Waals surface area contributed by atoms with Crippen molar-refractivity contribution in [1.29, 1.82) is 0 Å². The van der Waals surface area contributed by atoms with E-state index in [0.29, 0.717) is 18.5 Å². The summed E-state index contributed by atoms with van der Waals surface area (Å²) in [6.45, 7) is 1.73. The van der Waals surface area contributed by atoms with Crippen LogP contribution < -0.4 is 10.6 Å². The van der Waals surface area contributed by atoms with Crippen molar-refractivity contribution in [2.24, 2.45) is 0 Å². The summed E-state index contributed by atoms with van der Waals surface area (Å²) in [7, 11) is 0. The minimum atomic E-state index is -0.730. The summed E-state index contributed by atoms with van der Waals surface area (Å²) >= 11 is 1.59. The van der Waals surface area contributed by atoms with Crippen LogP contribution in [0, 0.1) is 6.92 Å². The van der Waals surface area contributed by atoms with Gasteiger partial charge < -0.3 is 10.1 Å². The van der Waals surface area contributed by atoms with Gasteiger partial charge in [0.1, 0.15) is 0 Å². The molecule has 2 N–H and O–H groups in total. The lowest BCUT2D eigenvalue weighted by molar-refractivity contribution is -0.148. The summed E-state index contributed by atoms with van der Waals surface area (Å²) in [5, 5.41) is 6.58. The van der Waals surface area contributed by atoms with Gasteiger partial charge >= 0.3 is 12.0 Å². The number of hydrogen-bond donors (Lipinski definition) is 2. The third kappa shape index (κ3) is 7.71. The van der Waals surface area contributed by atoms with E-state index in [1.54, 1.807) is 23.5 Å². The fraction of sp³-hybridized carbons (Fsp3) is 0.300. The second-order valence-corrected chi connectivity index (χ2v) is 7.12. The number of rotatable bonds is 9. The zero-order valence-electron chi connectivity index (χ0n) is 15.5. The molecule has 2 aromatic rings. The van der Waals surface area contributed by atoms with Gasteiger partial charge in [0.25, 0.3) is 5.91 Å². The van der Waals surface area contributed by atoms with Crippen LogP contribution in [0.25, 0.3) is 0 Å². The van der Waals surface area contributed by atoms with Crippen LogP contribution in [0.5, 0.6) is 0 Å². The molecule has 1 aromatic carbocycles. The van der Waals surface area contributed by atoms with Crippen LogP contribution in [-0.4, -0.2) is 36.8 Å². The van der Waals surface area contributed by atoms with Gasteiger partial charge in [-0.25, -0.2) is 4.79 Å². The topological polar surface area (TPSA) is 102 Å². The first kappa shape index (κ1) is 21.3. The molecular formula is C20H22N2O5S. The van der Waals surface area contributed by atoms with Crippen LogP contribution in [-0.2, 0) is 20.7 Å². The number of Topliss-reactive ketones (excluding diaryl/α,β-unsaturated/α-hetero) is 1. The Kier molecular flexibility index (Phi) is 8.36. The highest BCUT2D eigenvalue weighted by molar-refractivity contribution is 7.09. The summed E-state index contributed by atoms with van der Waals surface area (Å²) < 4.78 is 4.79. The predicted molar refractivity (Wildman–Crippen MR) is 105 cm³/mol. The molecule has 2 rings (SSSR count). The molecule has 0 unspecified atom stereocenters. The molecule has 0 spiro atoms. The van der Waals surface area contributed by atoms with Crippen molar-refractivity contribution in [1.82, 2.24) is 10.6 Å². The van der Waals surface area contributed by atoms with Gasteiger partial charge in [0.2, 0.25) is 0 Å². The van der Waals surface area contributed by atoms with Crippen LogP contribution >= 0.6 is 11.3 Å². The van der Waals surface area contributed by atoms with Crippen LogP contribution in [0.2, 0.25) is 0 Å². The van der Waals surface area contributed by atoms with Gasteiger partial charge in [-0.3, -0.25) is 19.7 Å². The summed E-state index contributed by atoms with van der Waals surface area (Å²) in [5.41, 5.74) is 1.56. The van der Waals surface area contributed by atoms with E-state index in [0.717, 1.165) is 10.4 Å². The van der Waals surface area contributed by atoms with Crippen molar-refractivity contribution in [2.45, 2.75) is 26.2 Å². The molecule has 0 aliphatic heterocycles. The molecule has 3 amide bonds. The van der Waals surface area contributed by atoms with Crippen LogP contribution in [0.15, 0.2) is 41.8 Å². The molecule has 0 atom stereocenters. The predicted octanol–water partition coefficient (Wildman–Crippen LogP) is 2.63. The third-order valence-electron chi connectivity index (χ3n) is 3.78. The number of thiophene rings is 1. The maximum atomic E-state index is 12.0. The highest BCUT2D eigenvalue weighted by Crippen LogP contribution is 2.09. The highest BCUT2D eigenvalue weighted by atomic mass is 32.1. The summed E-state index contributed by atoms with van der Waals surface area (Å²) in [6, 6.07) is 10.3. The molecule has 0 fully saturated rings. The van der Waals surface area contributed by atoms with Gasteiger partial charge in [-0.15, -0.1) is 11.3 Å². The van der Waals surface area contributed by atoms with E-state index in [-0.39, 0.29) is 18.6 Å². The SMILES string of the molecule is Cc1ccc(C(=O)CCC(=O)OCC(=O)NC(=O)NCCc2cccs2)cc1. The number of carbonyl (C=O) groups excluding carboxylic acids is 4. The number of amides is 3. The van der Waals surface area contributed by atoms with E-state index in [1.807, 2.05) is 36.6 Å². The molecule has 28 heavy (non-hydrogen) atoms. The summed E-state index contributed by atoms with van der Waals surface area (Å²) in [6.07, 6.45) is 0.531. The fourth-order valence-corrected chi connectivity index (χ4v) is 2.99. The summed E-state index contributed by atoms with van der Waals surface area (Å²) in [4.78, 5) is 48.0. The molecule has 0 bridgehead atoms. The largest absolute Gasteiger partial charge is 0.456 e. The van der Waals surface area contributed by atoms with Crippen molar-refractivity contribution < 1.29 is 23.9 Å². The molecule has 0 saturated heterocycles. The van der Waals surface area contributed by atoms with E-state index in [1.165, 1.54) is 0 Å². The fourth-order valence-electron chi connectivity index (χ4n) is 2.28. The second kappa shape index (κ2) is 11.0. The number of carbonyl (C=O) groups is 4. The van der Waals surface area contributed by atoms with E-state index in [4.69, 9.17) is 4.74 Å². The highest BCUT2D eigenvalue weighted by Gasteiger charge is 2.13. The molecule has 1 aromatic heterocycles. The molecule has 7 nitrogen and oxygen atoms in total. The van der Waals surface area contributed by atoms with Crippen molar-refractivity contribution in [3.8, 4) is 0 Å². The van der Waals surface area contributed by atoms with Gasteiger partial charge in [0, 0.05) is 23.4 Å². The van der Waals surface area contributed by atoms with E-state index in [9.17, 15) is 19.2 Å². The Hall–Kier alpha value is -3.00.